The number of benzene rings is 1. The summed E-state index contributed by atoms with van der Waals surface area (Å²) in [5.41, 5.74) is 2.56. The maximum Gasteiger partial charge on any atom is 0.222 e. The number of aromatic nitrogens is 2. The second-order valence-electron chi connectivity index (χ2n) is 8.27. The number of H-pyrrole nitrogens is 1. The number of piperidine rings is 2. The van der Waals surface area contributed by atoms with Gasteiger partial charge >= 0.3 is 0 Å². The van der Waals surface area contributed by atoms with Crippen LogP contribution in [0, 0.1) is 5.41 Å². The van der Waals surface area contributed by atoms with Crippen LogP contribution in [-0.2, 0) is 17.8 Å². The quantitative estimate of drug-likeness (QED) is 0.835. The number of amides is 1. The fraction of sp³-hybridized carbons (Fsp3) is 0.545. The summed E-state index contributed by atoms with van der Waals surface area (Å²) in [6.45, 7) is 4.73. The van der Waals surface area contributed by atoms with Gasteiger partial charge in [0, 0.05) is 61.9 Å². The third kappa shape index (κ3) is 4.22. The molecule has 2 aromatic rings. The number of rotatable bonds is 6. The van der Waals surface area contributed by atoms with Crippen molar-refractivity contribution in [3.8, 4) is 5.75 Å². The fourth-order valence-electron chi connectivity index (χ4n) is 4.84. The first-order chi connectivity index (χ1) is 13.7. The van der Waals surface area contributed by atoms with Crippen molar-refractivity contribution in [2.45, 2.75) is 38.6 Å². The molecule has 1 atom stereocenters. The van der Waals surface area contributed by atoms with Gasteiger partial charge in [-0.15, -0.1) is 0 Å². The number of hydrogen-bond acceptors (Lipinski definition) is 4. The molecule has 150 valence electrons. The number of ether oxygens (including phenoxy) is 1. The first kappa shape index (κ1) is 19.0. The maximum atomic E-state index is 12.5. The van der Waals surface area contributed by atoms with E-state index in [0.29, 0.717) is 12.3 Å². The molecule has 0 aliphatic carbocycles. The largest absolute Gasteiger partial charge is 0.496 e. The van der Waals surface area contributed by atoms with Crippen molar-refractivity contribution < 1.29 is 9.53 Å². The molecule has 1 aromatic carbocycles. The minimum atomic E-state index is 0.224. The molecule has 28 heavy (non-hydrogen) atoms. The highest BCUT2D eigenvalue weighted by molar-refractivity contribution is 5.77. The van der Waals surface area contributed by atoms with Gasteiger partial charge in [0.05, 0.1) is 13.4 Å². The van der Waals surface area contributed by atoms with Crippen LogP contribution in [0.1, 0.15) is 36.9 Å². The van der Waals surface area contributed by atoms with Crippen molar-refractivity contribution in [3.05, 3.63) is 48.0 Å². The topological polar surface area (TPSA) is 61.5 Å². The molecular formula is C22H30N4O2. The van der Waals surface area contributed by atoms with Gasteiger partial charge in [-0.3, -0.25) is 9.69 Å². The van der Waals surface area contributed by atoms with Crippen LogP contribution in [0.3, 0.4) is 0 Å². The van der Waals surface area contributed by atoms with Crippen molar-refractivity contribution in [1.29, 1.82) is 0 Å². The second kappa shape index (κ2) is 8.35. The van der Waals surface area contributed by atoms with Gasteiger partial charge < -0.3 is 14.6 Å². The summed E-state index contributed by atoms with van der Waals surface area (Å²) in [4.78, 5) is 24.3. The van der Waals surface area contributed by atoms with Gasteiger partial charge in [0.25, 0.3) is 0 Å². The Kier molecular flexibility index (Phi) is 5.67. The van der Waals surface area contributed by atoms with Gasteiger partial charge in [-0.25, -0.2) is 4.98 Å². The van der Waals surface area contributed by atoms with E-state index in [1.165, 1.54) is 18.4 Å². The van der Waals surface area contributed by atoms with Gasteiger partial charge in [-0.2, -0.15) is 0 Å². The molecule has 0 bridgehead atoms. The van der Waals surface area contributed by atoms with E-state index in [0.717, 1.165) is 57.0 Å². The first-order valence-corrected chi connectivity index (χ1v) is 10.3. The zero-order chi connectivity index (χ0) is 19.4. The molecule has 1 amide bonds. The van der Waals surface area contributed by atoms with E-state index in [4.69, 9.17) is 4.74 Å². The molecule has 1 spiro atoms. The minimum absolute atomic E-state index is 0.224. The molecule has 2 aliphatic heterocycles. The molecule has 2 saturated heterocycles. The van der Waals surface area contributed by atoms with Crippen LogP contribution in [0.5, 0.6) is 5.75 Å². The Labute approximate surface area is 166 Å². The SMILES string of the molecule is COc1ccccc1CN1CCCC2(CCC(=O)N(CCc3cnc[nH]3)C2)C1. The number of imidazole rings is 1. The van der Waals surface area contributed by atoms with E-state index in [-0.39, 0.29) is 5.41 Å². The zero-order valence-electron chi connectivity index (χ0n) is 16.7. The predicted molar refractivity (Wildman–Crippen MR) is 108 cm³/mol. The van der Waals surface area contributed by atoms with Gasteiger partial charge in [-0.05, 0) is 31.9 Å². The van der Waals surface area contributed by atoms with E-state index >= 15 is 0 Å². The summed E-state index contributed by atoms with van der Waals surface area (Å²) < 4.78 is 5.53. The van der Waals surface area contributed by atoms with Crippen LogP contribution in [-0.4, -0.2) is 59.0 Å². The zero-order valence-corrected chi connectivity index (χ0v) is 16.7. The molecule has 1 aromatic heterocycles. The predicted octanol–water partition coefficient (Wildman–Crippen LogP) is 2.87. The Hall–Kier alpha value is -2.34. The van der Waals surface area contributed by atoms with E-state index in [1.807, 2.05) is 18.3 Å². The van der Waals surface area contributed by atoms with Crippen LogP contribution >= 0.6 is 0 Å². The second-order valence-corrected chi connectivity index (χ2v) is 8.27. The normalized spacial score (nSPS) is 23.3. The van der Waals surface area contributed by atoms with Gasteiger partial charge in [0.2, 0.25) is 5.91 Å². The molecular weight excluding hydrogens is 352 g/mol. The molecule has 2 aliphatic rings. The van der Waals surface area contributed by atoms with Gasteiger partial charge in [0.1, 0.15) is 5.75 Å². The van der Waals surface area contributed by atoms with Crippen LogP contribution in [0.25, 0.3) is 0 Å². The number of methoxy groups -OCH3 is 1. The summed E-state index contributed by atoms with van der Waals surface area (Å²) in [6.07, 6.45) is 8.47. The summed E-state index contributed by atoms with van der Waals surface area (Å²) in [6, 6.07) is 8.28. The molecule has 4 rings (SSSR count). The number of nitrogens with one attached hydrogen (secondary N) is 1. The lowest BCUT2D eigenvalue weighted by atomic mass is 9.73. The molecule has 1 N–H and O–H groups in total. The molecule has 2 fully saturated rings. The maximum absolute atomic E-state index is 12.5. The Morgan fingerprint density at radius 2 is 2.14 bits per heavy atom. The average molecular weight is 383 g/mol. The Balaban J connectivity index is 1.41. The third-order valence-electron chi connectivity index (χ3n) is 6.28. The number of nitrogens with zero attached hydrogens (tertiary/aromatic N) is 3. The van der Waals surface area contributed by atoms with E-state index in [1.54, 1.807) is 13.4 Å². The van der Waals surface area contributed by atoms with Crippen molar-refractivity contribution >= 4 is 5.91 Å². The minimum Gasteiger partial charge on any atom is -0.496 e. The van der Waals surface area contributed by atoms with Crippen molar-refractivity contribution in [2.24, 2.45) is 5.41 Å². The standard InChI is InChI=1S/C22H30N4O2/c1-28-20-6-3-2-5-18(20)14-25-11-4-9-22(15-25)10-7-21(27)26(16-22)12-8-19-13-23-17-24-19/h2-3,5-6,13,17H,4,7-12,14-16H2,1H3,(H,23,24). The summed E-state index contributed by atoms with van der Waals surface area (Å²) >= 11 is 0. The van der Waals surface area contributed by atoms with Crippen molar-refractivity contribution in [3.63, 3.8) is 0 Å². The van der Waals surface area contributed by atoms with Crippen LogP contribution < -0.4 is 4.74 Å². The Bertz CT molecular complexity index is 792. The molecule has 0 radical (unpaired) electrons. The van der Waals surface area contributed by atoms with Crippen molar-refractivity contribution in [1.82, 2.24) is 19.8 Å². The van der Waals surface area contributed by atoms with E-state index < -0.39 is 0 Å². The summed E-state index contributed by atoms with van der Waals surface area (Å²) in [7, 11) is 1.74. The number of likely N-dealkylation sites (tertiary alicyclic amines) is 2. The summed E-state index contributed by atoms with van der Waals surface area (Å²) in [5, 5.41) is 0. The molecule has 1 unspecified atom stereocenters. The number of carbonyl (C=O) groups is 1. The van der Waals surface area contributed by atoms with Gasteiger partial charge in [0.15, 0.2) is 0 Å². The first-order valence-electron chi connectivity index (χ1n) is 10.3. The fourth-order valence-corrected chi connectivity index (χ4v) is 4.84. The van der Waals surface area contributed by atoms with E-state index in [2.05, 4.69) is 31.9 Å². The number of carbonyl (C=O) groups excluding carboxylic acids is 1. The Morgan fingerprint density at radius 3 is 2.96 bits per heavy atom. The number of aromatic amines is 1. The lowest BCUT2D eigenvalue weighted by Gasteiger charge is -2.48. The molecule has 6 heteroatoms. The lowest BCUT2D eigenvalue weighted by Crippen LogP contribution is -2.54. The smallest absolute Gasteiger partial charge is 0.222 e. The van der Waals surface area contributed by atoms with Crippen molar-refractivity contribution in [2.75, 3.05) is 33.3 Å². The summed E-state index contributed by atoms with van der Waals surface area (Å²) in [5.74, 6) is 1.26. The number of hydrogen-bond donors (Lipinski definition) is 1. The molecule has 3 heterocycles. The highest BCUT2D eigenvalue weighted by Crippen LogP contribution is 2.39. The van der Waals surface area contributed by atoms with Gasteiger partial charge in [-0.1, -0.05) is 18.2 Å². The lowest BCUT2D eigenvalue weighted by molar-refractivity contribution is -0.139. The highest BCUT2D eigenvalue weighted by Gasteiger charge is 2.41. The molecule has 6 nitrogen and oxygen atoms in total. The van der Waals surface area contributed by atoms with Crippen LogP contribution in [0.15, 0.2) is 36.8 Å². The van der Waals surface area contributed by atoms with Crippen LogP contribution in [0.4, 0.5) is 0 Å². The Morgan fingerprint density at radius 1 is 1.25 bits per heavy atom. The molecule has 0 saturated carbocycles. The average Bonchev–Trinajstić information content (AvgIpc) is 3.23. The monoisotopic (exact) mass is 382 g/mol. The van der Waals surface area contributed by atoms with E-state index in [9.17, 15) is 4.79 Å². The van der Waals surface area contributed by atoms with Crippen LogP contribution in [0.2, 0.25) is 0 Å². The third-order valence-corrected chi connectivity index (χ3v) is 6.28. The highest BCUT2D eigenvalue weighted by atomic mass is 16.5. The number of para-hydroxylation sites is 1.